The largest absolute Gasteiger partial charge is 0.301 e. The Bertz CT molecular complexity index is 344. The summed E-state index contributed by atoms with van der Waals surface area (Å²) in [6.07, 6.45) is 8.52. The number of likely N-dealkylation sites (tertiary alicyclic amines) is 2. The lowest BCUT2D eigenvalue weighted by Gasteiger charge is -2.40. The van der Waals surface area contributed by atoms with Crippen LogP contribution in [0.5, 0.6) is 0 Å². The summed E-state index contributed by atoms with van der Waals surface area (Å²) < 4.78 is 0. The quantitative estimate of drug-likeness (QED) is 0.624. The van der Waals surface area contributed by atoms with Crippen LogP contribution in [0.1, 0.15) is 80.1 Å². The van der Waals surface area contributed by atoms with E-state index in [0.717, 1.165) is 35.8 Å². The fourth-order valence-corrected chi connectivity index (χ4v) is 4.92. The summed E-state index contributed by atoms with van der Waals surface area (Å²) in [6.45, 7) is 19.8. The number of hydrogen-bond acceptors (Lipinski definition) is 2. The molecule has 0 bridgehead atoms. The maximum atomic E-state index is 2.77. The van der Waals surface area contributed by atoms with E-state index in [1.807, 2.05) is 0 Å². The average molecular weight is 337 g/mol. The number of nitrogens with zero attached hydrogens (tertiary/aromatic N) is 2. The van der Waals surface area contributed by atoms with Crippen LogP contribution in [0.25, 0.3) is 0 Å². The van der Waals surface area contributed by atoms with E-state index >= 15 is 0 Å². The van der Waals surface area contributed by atoms with Crippen molar-refractivity contribution in [1.82, 2.24) is 9.80 Å². The number of piperidine rings is 2. The lowest BCUT2D eigenvalue weighted by atomic mass is 9.82. The Kier molecular flexibility index (Phi) is 8.07. The van der Waals surface area contributed by atoms with Crippen LogP contribution in [0.3, 0.4) is 0 Å². The third-order valence-corrected chi connectivity index (χ3v) is 7.20. The highest BCUT2D eigenvalue weighted by Crippen LogP contribution is 2.30. The lowest BCUT2D eigenvalue weighted by molar-refractivity contribution is 0.0931. The van der Waals surface area contributed by atoms with Crippen LogP contribution in [0.4, 0.5) is 0 Å². The van der Waals surface area contributed by atoms with Gasteiger partial charge < -0.3 is 9.80 Å². The first kappa shape index (κ1) is 20.2. The van der Waals surface area contributed by atoms with Crippen LogP contribution in [-0.2, 0) is 0 Å². The van der Waals surface area contributed by atoms with Crippen molar-refractivity contribution in [2.45, 2.75) is 92.2 Å². The van der Waals surface area contributed by atoms with Gasteiger partial charge in [0.15, 0.2) is 0 Å². The molecule has 2 heteroatoms. The SMILES string of the molecule is CC(C)C1CCN(C(C)CCC(C)C2CCCN(C(C)C)C2)CC1. The van der Waals surface area contributed by atoms with Crippen LogP contribution < -0.4 is 0 Å². The summed E-state index contributed by atoms with van der Waals surface area (Å²) in [5.74, 6) is 3.66. The molecular formula is C22H44N2. The molecule has 0 saturated carbocycles. The topological polar surface area (TPSA) is 6.48 Å². The summed E-state index contributed by atoms with van der Waals surface area (Å²) in [6, 6.07) is 1.51. The van der Waals surface area contributed by atoms with Gasteiger partial charge in [-0.2, -0.15) is 0 Å². The van der Waals surface area contributed by atoms with E-state index in [-0.39, 0.29) is 0 Å². The normalized spacial score (nSPS) is 27.8. The van der Waals surface area contributed by atoms with E-state index in [4.69, 9.17) is 0 Å². The monoisotopic (exact) mass is 336 g/mol. The van der Waals surface area contributed by atoms with E-state index in [9.17, 15) is 0 Å². The van der Waals surface area contributed by atoms with Crippen molar-refractivity contribution in [3.63, 3.8) is 0 Å². The van der Waals surface area contributed by atoms with Crippen molar-refractivity contribution >= 4 is 0 Å². The van der Waals surface area contributed by atoms with Crippen molar-refractivity contribution in [1.29, 1.82) is 0 Å². The Labute approximate surface area is 152 Å². The van der Waals surface area contributed by atoms with Gasteiger partial charge in [-0.25, -0.2) is 0 Å². The van der Waals surface area contributed by atoms with Gasteiger partial charge in [0, 0.05) is 18.6 Å². The molecule has 2 aliphatic heterocycles. The molecule has 2 saturated heterocycles. The van der Waals surface area contributed by atoms with Gasteiger partial charge in [0.05, 0.1) is 0 Å². The summed E-state index contributed by atoms with van der Waals surface area (Å²) >= 11 is 0. The molecule has 142 valence electrons. The van der Waals surface area contributed by atoms with Crippen LogP contribution in [0, 0.1) is 23.7 Å². The van der Waals surface area contributed by atoms with Crippen LogP contribution in [0.2, 0.25) is 0 Å². The molecule has 2 fully saturated rings. The predicted molar refractivity (Wildman–Crippen MR) is 106 cm³/mol. The second-order valence-electron chi connectivity index (χ2n) is 9.51. The maximum absolute atomic E-state index is 2.77. The molecule has 2 nitrogen and oxygen atoms in total. The van der Waals surface area contributed by atoms with Gasteiger partial charge in [0.25, 0.3) is 0 Å². The zero-order valence-corrected chi connectivity index (χ0v) is 17.4. The Balaban J connectivity index is 1.70. The second kappa shape index (κ2) is 9.57. The van der Waals surface area contributed by atoms with E-state index in [2.05, 4.69) is 51.3 Å². The van der Waals surface area contributed by atoms with Gasteiger partial charge in [-0.05, 0) is 103 Å². The molecule has 0 N–H and O–H groups in total. The summed E-state index contributed by atoms with van der Waals surface area (Å²) in [7, 11) is 0. The highest BCUT2D eigenvalue weighted by Gasteiger charge is 2.28. The summed E-state index contributed by atoms with van der Waals surface area (Å²) in [5.41, 5.74) is 0. The van der Waals surface area contributed by atoms with Crippen LogP contribution in [0.15, 0.2) is 0 Å². The molecule has 3 unspecified atom stereocenters. The summed E-state index contributed by atoms with van der Waals surface area (Å²) in [4.78, 5) is 5.47. The first-order chi connectivity index (χ1) is 11.4. The molecular weight excluding hydrogens is 292 g/mol. The first-order valence-corrected chi connectivity index (χ1v) is 10.9. The molecule has 0 aromatic carbocycles. The van der Waals surface area contributed by atoms with Gasteiger partial charge >= 0.3 is 0 Å². The fraction of sp³-hybridized carbons (Fsp3) is 1.00. The molecule has 0 aromatic rings. The van der Waals surface area contributed by atoms with Gasteiger partial charge in [-0.3, -0.25) is 0 Å². The maximum Gasteiger partial charge on any atom is 0.00670 e. The van der Waals surface area contributed by atoms with Crippen molar-refractivity contribution in [2.75, 3.05) is 26.2 Å². The molecule has 2 rings (SSSR count). The van der Waals surface area contributed by atoms with Crippen LogP contribution >= 0.6 is 0 Å². The highest BCUT2D eigenvalue weighted by molar-refractivity contribution is 4.81. The van der Waals surface area contributed by atoms with Crippen molar-refractivity contribution < 1.29 is 0 Å². The zero-order valence-electron chi connectivity index (χ0n) is 17.4. The smallest absolute Gasteiger partial charge is 0.00670 e. The molecule has 0 aliphatic carbocycles. The second-order valence-corrected chi connectivity index (χ2v) is 9.51. The Hall–Kier alpha value is -0.0800. The van der Waals surface area contributed by atoms with Crippen molar-refractivity contribution in [3.05, 3.63) is 0 Å². The molecule has 0 radical (unpaired) electrons. The number of rotatable bonds is 7. The molecule has 0 spiro atoms. The minimum atomic E-state index is 0.723. The standard InChI is InChI=1S/C22H44N2/c1-17(2)21-11-14-23(15-12-21)20(6)10-9-19(5)22-8-7-13-24(16-22)18(3)4/h17-22H,7-16H2,1-6H3. The molecule has 2 heterocycles. The Morgan fingerprint density at radius 3 is 2.00 bits per heavy atom. The highest BCUT2D eigenvalue weighted by atomic mass is 15.2. The Morgan fingerprint density at radius 1 is 0.750 bits per heavy atom. The third-order valence-electron chi connectivity index (χ3n) is 7.20. The number of hydrogen-bond donors (Lipinski definition) is 0. The van der Waals surface area contributed by atoms with E-state index < -0.39 is 0 Å². The minimum absolute atomic E-state index is 0.723. The zero-order chi connectivity index (χ0) is 17.7. The van der Waals surface area contributed by atoms with Gasteiger partial charge in [-0.1, -0.05) is 20.8 Å². The average Bonchev–Trinajstić information content (AvgIpc) is 2.59. The summed E-state index contributed by atoms with van der Waals surface area (Å²) in [5, 5.41) is 0. The van der Waals surface area contributed by atoms with E-state index in [1.54, 1.807) is 0 Å². The van der Waals surface area contributed by atoms with Gasteiger partial charge in [0.2, 0.25) is 0 Å². The molecule has 2 aliphatic rings. The lowest BCUT2D eigenvalue weighted by Crippen LogP contribution is -2.43. The molecule has 3 atom stereocenters. The van der Waals surface area contributed by atoms with E-state index in [0.29, 0.717) is 0 Å². The van der Waals surface area contributed by atoms with Gasteiger partial charge in [0.1, 0.15) is 0 Å². The molecule has 0 amide bonds. The minimum Gasteiger partial charge on any atom is -0.301 e. The van der Waals surface area contributed by atoms with Crippen LogP contribution in [-0.4, -0.2) is 48.1 Å². The van der Waals surface area contributed by atoms with Crippen molar-refractivity contribution in [3.8, 4) is 0 Å². The van der Waals surface area contributed by atoms with E-state index in [1.165, 1.54) is 64.7 Å². The molecule has 24 heavy (non-hydrogen) atoms. The first-order valence-electron chi connectivity index (χ1n) is 10.9. The Morgan fingerprint density at radius 2 is 1.42 bits per heavy atom. The fourth-order valence-electron chi connectivity index (χ4n) is 4.92. The predicted octanol–water partition coefficient (Wildman–Crippen LogP) is 5.28. The van der Waals surface area contributed by atoms with Gasteiger partial charge in [-0.15, -0.1) is 0 Å². The third kappa shape index (κ3) is 5.73. The van der Waals surface area contributed by atoms with Crippen molar-refractivity contribution in [2.24, 2.45) is 23.7 Å². The molecule has 0 aromatic heterocycles.